The van der Waals surface area contributed by atoms with Gasteiger partial charge in [-0.3, -0.25) is 0 Å². The normalized spacial score (nSPS) is 14.1. The van der Waals surface area contributed by atoms with Crippen molar-refractivity contribution in [3.8, 4) is 11.1 Å². The van der Waals surface area contributed by atoms with Gasteiger partial charge in [-0.25, -0.2) is 0 Å². The number of fused-ring (bicyclic) bond motifs is 3. The summed E-state index contributed by atoms with van der Waals surface area (Å²) in [5.41, 5.74) is 9.84. The number of rotatable bonds is 3. The molecule has 0 radical (unpaired) electrons. The molecule has 0 heterocycles. The molecule has 18 heavy (non-hydrogen) atoms. The summed E-state index contributed by atoms with van der Waals surface area (Å²) >= 11 is 0. The van der Waals surface area contributed by atoms with Crippen molar-refractivity contribution >= 4 is 0 Å². The fourth-order valence-electron chi connectivity index (χ4n) is 2.68. The highest BCUT2D eigenvalue weighted by Gasteiger charge is 2.18. The van der Waals surface area contributed by atoms with Gasteiger partial charge in [0.1, 0.15) is 0 Å². The molecule has 1 aliphatic rings. The number of hydrogen-bond acceptors (Lipinski definition) is 2. The molecule has 2 aromatic rings. The number of hydroxylamine groups is 1. The van der Waals surface area contributed by atoms with Crippen LogP contribution in [0.15, 0.2) is 42.5 Å². The largest absolute Gasteiger partial charge is 0.305 e. The number of nitrogens with one attached hydrogen (secondary N) is 1. The third-order valence-corrected chi connectivity index (χ3v) is 3.61. The van der Waals surface area contributed by atoms with E-state index in [-0.39, 0.29) is 6.04 Å². The second-order valence-electron chi connectivity index (χ2n) is 4.79. The van der Waals surface area contributed by atoms with Crippen molar-refractivity contribution < 1.29 is 4.84 Å². The zero-order valence-corrected chi connectivity index (χ0v) is 10.7. The van der Waals surface area contributed by atoms with Gasteiger partial charge in [-0.2, -0.15) is 5.48 Å². The fraction of sp³-hybridized carbons (Fsp3) is 0.250. The van der Waals surface area contributed by atoms with Crippen LogP contribution in [0.3, 0.4) is 0 Å². The molecule has 0 spiro atoms. The molecule has 2 nitrogen and oxygen atoms in total. The molecule has 1 N–H and O–H groups in total. The zero-order chi connectivity index (χ0) is 12.5. The van der Waals surface area contributed by atoms with E-state index in [0.717, 1.165) is 6.42 Å². The summed E-state index contributed by atoms with van der Waals surface area (Å²) in [7, 11) is 1.65. The molecule has 1 unspecified atom stereocenters. The summed E-state index contributed by atoms with van der Waals surface area (Å²) in [6.45, 7) is 2.10. The molecular formula is C16H17NO. The Morgan fingerprint density at radius 3 is 2.67 bits per heavy atom. The molecule has 3 rings (SSSR count). The van der Waals surface area contributed by atoms with Gasteiger partial charge in [-0.05, 0) is 41.2 Å². The number of hydrogen-bond donors (Lipinski definition) is 1. The van der Waals surface area contributed by atoms with Crippen molar-refractivity contribution in [3.63, 3.8) is 0 Å². The van der Waals surface area contributed by atoms with Gasteiger partial charge >= 0.3 is 0 Å². The molecule has 0 fully saturated rings. The van der Waals surface area contributed by atoms with Gasteiger partial charge in [-0.1, -0.05) is 42.5 Å². The minimum absolute atomic E-state index is 0.212. The lowest BCUT2D eigenvalue weighted by Gasteiger charge is -2.13. The first-order chi connectivity index (χ1) is 8.79. The summed E-state index contributed by atoms with van der Waals surface area (Å²) < 4.78 is 0. The van der Waals surface area contributed by atoms with E-state index in [1.54, 1.807) is 7.11 Å². The molecule has 1 atom stereocenters. The first-order valence-electron chi connectivity index (χ1n) is 6.29. The van der Waals surface area contributed by atoms with Crippen LogP contribution in [0.5, 0.6) is 0 Å². The van der Waals surface area contributed by atoms with Crippen LogP contribution < -0.4 is 5.48 Å². The van der Waals surface area contributed by atoms with Gasteiger partial charge in [0, 0.05) is 0 Å². The highest BCUT2D eigenvalue weighted by Crippen LogP contribution is 2.37. The van der Waals surface area contributed by atoms with Crippen LogP contribution in [0.25, 0.3) is 11.1 Å². The molecule has 2 aromatic carbocycles. The third kappa shape index (κ3) is 1.84. The van der Waals surface area contributed by atoms with Gasteiger partial charge in [0.05, 0.1) is 13.2 Å². The van der Waals surface area contributed by atoms with Crippen LogP contribution in [-0.2, 0) is 11.3 Å². The minimum Gasteiger partial charge on any atom is -0.305 e. The molecule has 0 amide bonds. The summed E-state index contributed by atoms with van der Waals surface area (Å²) in [4.78, 5) is 4.99. The molecule has 2 heteroatoms. The monoisotopic (exact) mass is 239 g/mol. The standard InChI is InChI=1S/C16H17NO/c1-11(17-18-2)12-7-8-16-14(9-12)10-13-5-3-4-6-15(13)16/h3-9,11,17H,10H2,1-2H3. The lowest BCUT2D eigenvalue weighted by molar-refractivity contribution is 0.0658. The molecule has 0 saturated heterocycles. The van der Waals surface area contributed by atoms with Crippen molar-refractivity contribution in [1.82, 2.24) is 5.48 Å². The number of benzene rings is 2. The van der Waals surface area contributed by atoms with Crippen molar-refractivity contribution in [2.24, 2.45) is 0 Å². The summed E-state index contributed by atoms with van der Waals surface area (Å²) in [6, 6.07) is 15.5. The van der Waals surface area contributed by atoms with Crippen LogP contribution in [0.1, 0.15) is 29.7 Å². The van der Waals surface area contributed by atoms with Crippen LogP contribution in [0, 0.1) is 0 Å². The summed E-state index contributed by atoms with van der Waals surface area (Å²) in [6.07, 6.45) is 1.04. The average Bonchev–Trinajstić information content (AvgIpc) is 2.76. The highest BCUT2D eigenvalue weighted by atomic mass is 16.6. The fourth-order valence-corrected chi connectivity index (χ4v) is 2.68. The maximum Gasteiger partial charge on any atom is 0.0572 e. The molecular weight excluding hydrogens is 222 g/mol. The van der Waals surface area contributed by atoms with Gasteiger partial charge < -0.3 is 4.84 Å². The second kappa shape index (κ2) is 4.56. The van der Waals surface area contributed by atoms with E-state index in [4.69, 9.17) is 4.84 Å². The first-order valence-corrected chi connectivity index (χ1v) is 6.29. The summed E-state index contributed by atoms with van der Waals surface area (Å²) in [5, 5.41) is 0. The summed E-state index contributed by atoms with van der Waals surface area (Å²) in [5.74, 6) is 0. The molecule has 0 bridgehead atoms. The van der Waals surface area contributed by atoms with Gasteiger partial charge in [0.2, 0.25) is 0 Å². The Labute approximate surface area is 108 Å². The lowest BCUT2D eigenvalue weighted by atomic mass is 10.0. The third-order valence-electron chi connectivity index (χ3n) is 3.61. The van der Waals surface area contributed by atoms with Crippen LogP contribution in [-0.4, -0.2) is 7.11 Å². The van der Waals surface area contributed by atoms with Crippen molar-refractivity contribution in [2.75, 3.05) is 7.11 Å². The van der Waals surface area contributed by atoms with Crippen LogP contribution in [0.4, 0.5) is 0 Å². The Kier molecular flexibility index (Phi) is 2.90. The zero-order valence-electron chi connectivity index (χ0n) is 10.7. The molecule has 0 aromatic heterocycles. The van der Waals surface area contributed by atoms with Gasteiger partial charge in [0.15, 0.2) is 0 Å². The predicted molar refractivity (Wildman–Crippen MR) is 73.2 cm³/mol. The average molecular weight is 239 g/mol. The van der Waals surface area contributed by atoms with E-state index >= 15 is 0 Å². The Balaban J connectivity index is 1.98. The Hall–Kier alpha value is -1.64. The minimum atomic E-state index is 0.212. The van der Waals surface area contributed by atoms with E-state index in [1.165, 1.54) is 27.8 Å². The molecule has 1 aliphatic carbocycles. The SMILES string of the molecule is CONC(C)c1ccc2c(c1)Cc1ccccc1-2. The Morgan fingerprint density at radius 1 is 1.06 bits per heavy atom. The van der Waals surface area contributed by atoms with E-state index in [1.807, 2.05) is 0 Å². The van der Waals surface area contributed by atoms with E-state index < -0.39 is 0 Å². The topological polar surface area (TPSA) is 21.3 Å². The maximum absolute atomic E-state index is 4.99. The van der Waals surface area contributed by atoms with Crippen LogP contribution in [0.2, 0.25) is 0 Å². The smallest absolute Gasteiger partial charge is 0.0572 e. The van der Waals surface area contributed by atoms with Crippen LogP contribution >= 0.6 is 0 Å². The molecule has 0 aliphatic heterocycles. The lowest BCUT2D eigenvalue weighted by Crippen LogP contribution is -2.16. The van der Waals surface area contributed by atoms with Crippen molar-refractivity contribution in [2.45, 2.75) is 19.4 Å². The van der Waals surface area contributed by atoms with E-state index in [9.17, 15) is 0 Å². The van der Waals surface area contributed by atoms with Gasteiger partial charge in [0.25, 0.3) is 0 Å². The van der Waals surface area contributed by atoms with E-state index in [0.29, 0.717) is 0 Å². The Morgan fingerprint density at radius 2 is 1.83 bits per heavy atom. The van der Waals surface area contributed by atoms with Crippen molar-refractivity contribution in [1.29, 1.82) is 0 Å². The van der Waals surface area contributed by atoms with E-state index in [2.05, 4.69) is 54.9 Å². The van der Waals surface area contributed by atoms with Crippen molar-refractivity contribution in [3.05, 3.63) is 59.2 Å². The predicted octanol–water partition coefficient (Wildman–Crippen LogP) is 3.47. The first kappa shape index (κ1) is 11.5. The second-order valence-corrected chi connectivity index (χ2v) is 4.79. The molecule has 0 saturated carbocycles. The maximum atomic E-state index is 4.99. The Bertz CT molecular complexity index is 577. The molecule has 92 valence electrons. The van der Waals surface area contributed by atoms with Gasteiger partial charge in [-0.15, -0.1) is 0 Å². The highest BCUT2D eigenvalue weighted by molar-refractivity contribution is 5.76. The quantitative estimate of drug-likeness (QED) is 0.707.